The van der Waals surface area contributed by atoms with Crippen molar-refractivity contribution >= 4 is 28.2 Å². The smallest absolute Gasteiger partial charge is 0.315 e. The van der Waals surface area contributed by atoms with Crippen LogP contribution in [0.25, 0.3) is 10.8 Å². The molecular formula is C30H31NO3. The highest BCUT2D eigenvalue weighted by Gasteiger charge is 2.50. The molecule has 3 aromatic rings. The standard InChI is InChI=1S/C30H31NO3/c1-17(2)18-10-12-20(13-11-18)24-25-21-9-7-6-8-19(21)14-15-22(25)31-28-26(24)23(32)16-30(3,4)27(28)29(33)34-5/h6-15,17,24,27,31H,16H2,1-5H3. The molecule has 0 fully saturated rings. The van der Waals surface area contributed by atoms with Crippen molar-refractivity contribution in [3.63, 3.8) is 0 Å². The van der Waals surface area contributed by atoms with Crippen molar-refractivity contribution in [1.82, 2.24) is 0 Å². The van der Waals surface area contributed by atoms with E-state index in [9.17, 15) is 9.59 Å². The number of methoxy groups -OCH3 is 1. The molecule has 5 rings (SSSR count). The maximum Gasteiger partial charge on any atom is 0.315 e. The third-order valence-electron chi connectivity index (χ3n) is 7.47. The molecule has 1 aliphatic carbocycles. The van der Waals surface area contributed by atoms with E-state index in [0.717, 1.165) is 27.6 Å². The topological polar surface area (TPSA) is 55.4 Å². The van der Waals surface area contributed by atoms with Crippen LogP contribution >= 0.6 is 0 Å². The molecular weight excluding hydrogens is 422 g/mol. The number of carbonyl (C=O) groups excluding carboxylic acids is 2. The zero-order chi connectivity index (χ0) is 24.2. The third-order valence-corrected chi connectivity index (χ3v) is 7.47. The van der Waals surface area contributed by atoms with Gasteiger partial charge < -0.3 is 10.1 Å². The van der Waals surface area contributed by atoms with Crippen LogP contribution in [-0.2, 0) is 14.3 Å². The van der Waals surface area contributed by atoms with Crippen LogP contribution in [0.5, 0.6) is 0 Å². The Balaban J connectivity index is 1.81. The molecule has 4 nitrogen and oxygen atoms in total. The maximum absolute atomic E-state index is 13.8. The van der Waals surface area contributed by atoms with E-state index in [-0.39, 0.29) is 17.7 Å². The fourth-order valence-corrected chi connectivity index (χ4v) is 5.73. The van der Waals surface area contributed by atoms with Crippen LogP contribution in [0.4, 0.5) is 5.69 Å². The van der Waals surface area contributed by atoms with E-state index in [4.69, 9.17) is 4.74 Å². The van der Waals surface area contributed by atoms with Crippen LogP contribution in [0.2, 0.25) is 0 Å². The quantitative estimate of drug-likeness (QED) is 0.456. The number of hydrogen-bond acceptors (Lipinski definition) is 4. The van der Waals surface area contributed by atoms with Gasteiger partial charge in [-0.2, -0.15) is 0 Å². The number of anilines is 1. The number of rotatable bonds is 3. The van der Waals surface area contributed by atoms with Crippen molar-refractivity contribution in [2.24, 2.45) is 11.3 Å². The Morgan fingerprint density at radius 3 is 2.41 bits per heavy atom. The minimum absolute atomic E-state index is 0.0872. The lowest BCUT2D eigenvalue weighted by atomic mass is 9.63. The number of Topliss-reactive ketones (excluding diaryl/α,β-unsaturated/α-hetero) is 1. The summed E-state index contributed by atoms with van der Waals surface area (Å²) in [6.45, 7) is 8.30. The zero-order valence-electron chi connectivity index (χ0n) is 20.4. The van der Waals surface area contributed by atoms with E-state index in [1.165, 1.54) is 12.7 Å². The largest absolute Gasteiger partial charge is 0.468 e. The third kappa shape index (κ3) is 3.44. The Kier molecular flexibility index (Phi) is 5.35. The van der Waals surface area contributed by atoms with Gasteiger partial charge in [-0.1, -0.05) is 82.3 Å². The second-order valence-electron chi connectivity index (χ2n) is 10.5. The first-order chi connectivity index (χ1) is 16.2. The van der Waals surface area contributed by atoms with Crippen LogP contribution in [0.1, 0.15) is 62.6 Å². The van der Waals surface area contributed by atoms with Gasteiger partial charge in [-0.15, -0.1) is 0 Å². The van der Waals surface area contributed by atoms with E-state index in [2.05, 4.69) is 67.7 Å². The Labute approximate surface area is 201 Å². The first kappa shape index (κ1) is 22.4. The molecule has 1 aliphatic heterocycles. The van der Waals surface area contributed by atoms with Crippen molar-refractivity contribution in [3.8, 4) is 0 Å². The van der Waals surface area contributed by atoms with E-state index in [1.54, 1.807) is 0 Å². The Morgan fingerprint density at radius 1 is 1.03 bits per heavy atom. The van der Waals surface area contributed by atoms with Crippen LogP contribution in [0, 0.1) is 11.3 Å². The second kappa shape index (κ2) is 8.12. The lowest BCUT2D eigenvalue weighted by Gasteiger charge is -2.44. The van der Waals surface area contributed by atoms with Gasteiger partial charge >= 0.3 is 5.97 Å². The summed E-state index contributed by atoms with van der Waals surface area (Å²) in [4.78, 5) is 26.8. The minimum atomic E-state index is -0.545. The molecule has 2 atom stereocenters. The summed E-state index contributed by atoms with van der Waals surface area (Å²) in [5, 5.41) is 5.77. The number of esters is 1. The molecule has 0 saturated heterocycles. The first-order valence-electron chi connectivity index (χ1n) is 12.0. The van der Waals surface area contributed by atoms with Crippen molar-refractivity contribution in [3.05, 3.63) is 88.6 Å². The first-order valence-corrected chi connectivity index (χ1v) is 12.0. The van der Waals surface area contributed by atoms with Crippen molar-refractivity contribution in [2.75, 3.05) is 12.4 Å². The minimum Gasteiger partial charge on any atom is -0.468 e. The van der Waals surface area contributed by atoms with Crippen LogP contribution in [-0.4, -0.2) is 18.9 Å². The Bertz CT molecular complexity index is 1330. The van der Waals surface area contributed by atoms with Gasteiger partial charge in [0.25, 0.3) is 0 Å². The second-order valence-corrected chi connectivity index (χ2v) is 10.5. The van der Waals surface area contributed by atoms with Gasteiger partial charge in [-0.05, 0) is 44.9 Å². The van der Waals surface area contributed by atoms with Crippen LogP contribution < -0.4 is 5.32 Å². The normalized spacial score (nSPS) is 21.2. The molecule has 0 radical (unpaired) electrons. The number of benzene rings is 3. The number of nitrogens with one attached hydrogen (secondary N) is 1. The summed E-state index contributed by atoms with van der Waals surface area (Å²) in [6.07, 6.45) is 0.300. The van der Waals surface area contributed by atoms with Gasteiger partial charge in [0.2, 0.25) is 0 Å². The SMILES string of the molecule is COC(=O)C1C2=C(C(=O)CC1(C)C)C(c1ccc(C(C)C)cc1)c1c(ccc3ccccc13)N2. The lowest BCUT2D eigenvalue weighted by molar-refractivity contribution is -0.148. The number of carbonyl (C=O) groups is 2. The lowest BCUT2D eigenvalue weighted by Crippen LogP contribution is -2.44. The average molecular weight is 454 g/mol. The molecule has 0 bridgehead atoms. The van der Waals surface area contributed by atoms with E-state index < -0.39 is 11.3 Å². The van der Waals surface area contributed by atoms with Crippen LogP contribution in [0.3, 0.4) is 0 Å². The van der Waals surface area contributed by atoms with Crippen molar-refractivity contribution in [1.29, 1.82) is 0 Å². The fourth-order valence-electron chi connectivity index (χ4n) is 5.73. The molecule has 0 saturated carbocycles. The zero-order valence-corrected chi connectivity index (χ0v) is 20.4. The van der Waals surface area contributed by atoms with Gasteiger partial charge in [0.05, 0.1) is 7.11 Å². The van der Waals surface area contributed by atoms with Gasteiger partial charge in [0, 0.05) is 29.3 Å². The molecule has 1 heterocycles. The number of hydrogen-bond donors (Lipinski definition) is 1. The Hall–Kier alpha value is -3.40. The molecule has 0 amide bonds. The predicted molar refractivity (Wildman–Crippen MR) is 136 cm³/mol. The summed E-state index contributed by atoms with van der Waals surface area (Å²) in [5.41, 5.74) is 5.18. The average Bonchev–Trinajstić information content (AvgIpc) is 2.81. The predicted octanol–water partition coefficient (Wildman–Crippen LogP) is 6.56. The summed E-state index contributed by atoms with van der Waals surface area (Å²) in [5.74, 6) is -0.595. The highest BCUT2D eigenvalue weighted by Crippen LogP contribution is 2.53. The fraction of sp³-hybridized carbons (Fsp3) is 0.333. The summed E-state index contributed by atoms with van der Waals surface area (Å²) >= 11 is 0. The molecule has 174 valence electrons. The van der Waals surface area contributed by atoms with Gasteiger partial charge in [0.15, 0.2) is 5.78 Å². The van der Waals surface area contributed by atoms with E-state index >= 15 is 0 Å². The molecule has 4 heteroatoms. The summed E-state index contributed by atoms with van der Waals surface area (Å²) in [6, 6.07) is 21.0. The molecule has 0 spiro atoms. The number of fused-ring (bicyclic) bond motifs is 3. The number of ketones is 1. The van der Waals surface area contributed by atoms with E-state index in [1.807, 2.05) is 26.0 Å². The molecule has 2 unspecified atom stereocenters. The molecule has 2 aliphatic rings. The van der Waals surface area contributed by atoms with Gasteiger partial charge in [-0.25, -0.2) is 0 Å². The number of ether oxygens (including phenoxy) is 1. The van der Waals surface area contributed by atoms with Crippen LogP contribution in [0.15, 0.2) is 71.9 Å². The molecule has 34 heavy (non-hydrogen) atoms. The highest BCUT2D eigenvalue weighted by molar-refractivity contribution is 6.06. The van der Waals surface area contributed by atoms with Crippen molar-refractivity contribution < 1.29 is 14.3 Å². The highest BCUT2D eigenvalue weighted by atomic mass is 16.5. The molecule has 0 aromatic heterocycles. The molecule has 1 N–H and O–H groups in total. The summed E-state index contributed by atoms with van der Waals surface area (Å²) < 4.78 is 5.23. The van der Waals surface area contributed by atoms with Crippen molar-refractivity contribution in [2.45, 2.75) is 46.0 Å². The monoisotopic (exact) mass is 453 g/mol. The maximum atomic E-state index is 13.8. The number of allylic oxidation sites excluding steroid dienone is 1. The van der Waals surface area contributed by atoms with E-state index in [0.29, 0.717) is 23.6 Å². The van der Waals surface area contributed by atoms with Gasteiger partial charge in [-0.3, -0.25) is 9.59 Å². The summed E-state index contributed by atoms with van der Waals surface area (Å²) in [7, 11) is 1.42. The van der Waals surface area contributed by atoms with Gasteiger partial charge in [0.1, 0.15) is 5.92 Å². The molecule has 3 aromatic carbocycles. The Morgan fingerprint density at radius 2 is 1.74 bits per heavy atom.